The molecule has 0 spiro atoms. The molecule has 1 saturated heterocycles. The fourth-order valence-corrected chi connectivity index (χ4v) is 1.90. The Morgan fingerprint density at radius 2 is 2.25 bits per heavy atom. The molecule has 1 aliphatic rings. The predicted octanol–water partition coefficient (Wildman–Crippen LogP) is 2.24. The van der Waals surface area contributed by atoms with Crippen molar-refractivity contribution in [1.29, 1.82) is 0 Å². The fourth-order valence-electron chi connectivity index (χ4n) is 1.90. The highest BCUT2D eigenvalue weighted by atomic mass is 16.4. The van der Waals surface area contributed by atoms with E-state index < -0.39 is 5.97 Å². The van der Waals surface area contributed by atoms with E-state index in [-0.39, 0.29) is 0 Å². The van der Waals surface area contributed by atoms with Gasteiger partial charge in [0, 0.05) is 24.9 Å². The number of carbonyl (C=O) groups is 1. The van der Waals surface area contributed by atoms with Crippen molar-refractivity contribution in [3.8, 4) is 0 Å². The number of anilines is 1. The molecule has 0 aliphatic carbocycles. The third kappa shape index (κ3) is 2.42. The lowest BCUT2D eigenvalue weighted by atomic mass is 10.0. The fraction of sp³-hybridized carbons (Fsp3) is 0.308. The van der Waals surface area contributed by atoms with Gasteiger partial charge in [-0.1, -0.05) is 19.1 Å². The summed E-state index contributed by atoms with van der Waals surface area (Å²) in [6.45, 7) is 4.41. The lowest BCUT2D eigenvalue weighted by Crippen LogP contribution is -2.45. The van der Waals surface area contributed by atoms with Gasteiger partial charge in [-0.2, -0.15) is 0 Å². The molecule has 84 valence electrons. The van der Waals surface area contributed by atoms with Crippen LogP contribution in [0.3, 0.4) is 0 Å². The predicted molar refractivity (Wildman–Crippen MR) is 64.5 cm³/mol. The van der Waals surface area contributed by atoms with Crippen LogP contribution in [0.4, 0.5) is 5.69 Å². The van der Waals surface area contributed by atoms with Crippen molar-refractivity contribution in [3.63, 3.8) is 0 Å². The van der Waals surface area contributed by atoms with Gasteiger partial charge in [0.05, 0.1) is 0 Å². The van der Waals surface area contributed by atoms with Gasteiger partial charge in [0.2, 0.25) is 0 Å². The van der Waals surface area contributed by atoms with Crippen molar-refractivity contribution >= 4 is 17.7 Å². The summed E-state index contributed by atoms with van der Waals surface area (Å²) < 4.78 is 0. The maximum absolute atomic E-state index is 10.4. The quantitative estimate of drug-likeness (QED) is 0.789. The van der Waals surface area contributed by atoms with E-state index in [4.69, 9.17) is 5.11 Å². The van der Waals surface area contributed by atoms with Gasteiger partial charge < -0.3 is 10.0 Å². The number of aliphatic carboxylic acids is 1. The molecule has 0 amide bonds. The topological polar surface area (TPSA) is 40.5 Å². The number of hydrogen-bond donors (Lipinski definition) is 1. The average Bonchev–Trinajstić information content (AvgIpc) is 2.22. The molecule has 1 aromatic carbocycles. The number of carboxylic acid groups (broad SMARTS) is 1. The third-order valence-corrected chi connectivity index (χ3v) is 2.72. The van der Waals surface area contributed by atoms with Crippen LogP contribution in [0, 0.1) is 5.92 Å². The van der Waals surface area contributed by atoms with Gasteiger partial charge in [0.15, 0.2) is 0 Å². The van der Waals surface area contributed by atoms with Gasteiger partial charge in [0.1, 0.15) is 0 Å². The Morgan fingerprint density at radius 3 is 2.88 bits per heavy atom. The molecular weight excluding hydrogens is 202 g/mol. The molecule has 3 heteroatoms. The molecule has 0 radical (unpaired) electrons. The molecule has 3 nitrogen and oxygen atoms in total. The zero-order valence-corrected chi connectivity index (χ0v) is 9.26. The molecule has 16 heavy (non-hydrogen) atoms. The lowest BCUT2D eigenvalue weighted by molar-refractivity contribution is -0.131. The summed E-state index contributed by atoms with van der Waals surface area (Å²) in [5.41, 5.74) is 2.10. The Bertz CT molecular complexity index is 420. The SMILES string of the molecule is CC1CN(c2cccc(/C=C/C(=O)O)c2)C1. The summed E-state index contributed by atoms with van der Waals surface area (Å²) >= 11 is 0. The monoisotopic (exact) mass is 217 g/mol. The van der Waals surface area contributed by atoms with Gasteiger partial charge in [-0.05, 0) is 29.7 Å². The van der Waals surface area contributed by atoms with Crippen LogP contribution in [0.2, 0.25) is 0 Å². The van der Waals surface area contributed by atoms with Crippen molar-refractivity contribution in [1.82, 2.24) is 0 Å². The molecule has 0 atom stereocenters. The minimum absolute atomic E-state index is 0.762. The van der Waals surface area contributed by atoms with Crippen molar-refractivity contribution in [3.05, 3.63) is 35.9 Å². The highest BCUT2D eigenvalue weighted by Gasteiger charge is 2.22. The minimum Gasteiger partial charge on any atom is -0.478 e. The number of benzene rings is 1. The zero-order chi connectivity index (χ0) is 11.5. The van der Waals surface area contributed by atoms with E-state index >= 15 is 0 Å². The zero-order valence-electron chi connectivity index (χ0n) is 9.26. The van der Waals surface area contributed by atoms with Crippen molar-refractivity contribution in [2.24, 2.45) is 5.92 Å². The highest BCUT2D eigenvalue weighted by molar-refractivity contribution is 5.85. The maximum Gasteiger partial charge on any atom is 0.328 e. The normalized spacial score (nSPS) is 16.4. The molecule has 0 bridgehead atoms. The number of carboxylic acids is 1. The van der Waals surface area contributed by atoms with Crippen LogP contribution in [-0.4, -0.2) is 24.2 Å². The molecular formula is C13H15NO2. The van der Waals surface area contributed by atoms with Crippen LogP contribution in [0.1, 0.15) is 12.5 Å². The smallest absolute Gasteiger partial charge is 0.328 e. The molecule has 2 rings (SSSR count). The van der Waals surface area contributed by atoms with Crippen LogP contribution >= 0.6 is 0 Å². The molecule has 1 aromatic rings. The number of hydrogen-bond acceptors (Lipinski definition) is 2. The summed E-state index contributed by atoms with van der Waals surface area (Å²) in [4.78, 5) is 12.7. The Hall–Kier alpha value is -1.77. The van der Waals surface area contributed by atoms with E-state index in [2.05, 4.69) is 17.9 Å². The first kappa shape index (κ1) is 10.7. The van der Waals surface area contributed by atoms with Crippen LogP contribution in [0.25, 0.3) is 6.08 Å². The summed E-state index contributed by atoms with van der Waals surface area (Å²) in [6, 6.07) is 7.95. The van der Waals surface area contributed by atoms with E-state index in [0.29, 0.717) is 0 Å². The van der Waals surface area contributed by atoms with Crippen LogP contribution in [-0.2, 0) is 4.79 Å². The van der Waals surface area contributed by atoms with Crippen molar-refractivity contribution < 1.29 is 9.90 Å². The molecule has 0 unspecified atom stereocenters. The van der Waals surface area contributed by atoms with E-state index in [1.807, 2.05) is 18.2 Å². The Labute approximate surface area is 95.0 Å². The van der Waals surface area contributed by atoms with Crippen molar-refractivity contribution in [2.75, 3.05) is 18.0 Å². The number of nitrogens with zero attached hydrogens (tertiary/aromatic N) is 1. The minimum atomic E-state index is -0.914. The first-order valence-electron chi connectivity index (χ1n) is 5.41. The van der Waals surface area contributed by atoms with Gasteiger partial charge >= 0.3 is 5.97 Å². The molecule has 0 aromatic heterocycles. The van der Waals surface area contributed by atoms with Crippen LogP contribution in [0.15, 0.2) is 30.3 Å². The van der Waals surface area contributed by atoms with Gasteiger partial charge in [-0.3, -0.25) is 0 Å². The Morgan fingerprint density at radius 1 is 1.50 bits per heavy atom. The first-order valence-corrected chi connectivity index (χ1v) is 5.41. The molecule has 1 aliphatic heterocycles. The third-order valence-electron chi connectivity index (χ3n) is 2.72. The summed E-state index contributed by atoms with van der Waals surface area (Å²) in [7, 11) is 0. The molecule has 1 N–H and O–H groups in total. The second-order valence-electron chi connectivity index (χ2n) is 4.28. The second-order valence-corrected chi connectivity index (χ2v) is 4.28. The molecule has 1 heterocycles. The van der Waals surface area contributed by atoms with Crippen molar-refractivity contribution in [2.45, 2.75) is 6.92 Å². The second kappa shape index (κ2) is 4.39. The number of rotatable bonds is 3. The van der Waals surface area contributed by atoms with Gasteiger partial charge in [0.25, 0.3) is 0 Å². The summed E-state index contributed by atoms with van der Waals surface area (Å²) in [5, 5.41) is 8.55. The Balaban J connectivity index is 2.10. The average molecular weight is 217 g/mol. The van der Waals surface area contributed by atoms with Crippen LogP contribution in [0.5, 0.6) is 0 Å². The van der Waals surface area contributed by atoms with Gasteiger partial charge in [-0.25, -0.2) is 4.79 Å². The lowest BCUT2D eigenvalue weighted by Gasteiger charge is -2.39. The standard InChI is InChI=1S/C13H15NO2/c1-10-8-14(9-10)12-4-2-3-11(7-12)5-6-13(15)16/h2-7,10H,8-9H2,1H3,(H,15,16)/b6-5+. The van der Waals surface area contributed by atoms with E-state index in [9.17, 15) is 4.79 Å². The van der Waals surface area contributed by atoms with E-state index in [1.54, 1.807) is 6.08 Å². The van der Waals surface area contributed by atoms with Crippen LogP contribution < -0.4 is 4.90 Å². The largest absolute Gasteiger partial charge is 0.478 e. The molecule has 1 fully saturated rings. The van der Waals surface area contributed by atoms with E-state index in [1.165, 1.54) is 5.69 Å². The molecule has 0 saturated carbocycles. The summed E-state index contributed by atoms with van der Waals surface area (Å²) in [6.07, 6.45) is 2.78. The Kier molecular flexibility index (Phi) is 2.95. The first-order chi connectivity index (χ1) is 7.65. The van der Waals surface area contributed by atoms with Gasteiger partial charge in [-0.15, -0.1) is 0 Å². The highest BCUT2D eigenvalue weighted by Crippen LogP contribution is 2.25. The maximum atomic E-state index is 10.4. The van der Waals surface area contributed by atoms with E-state index in [0.717, 1.165) is 30.6 Å². The summed E-state index contributed by atoms with van der Waals surface area (Å²) in [5.74, 6) is -0.152.